The molecule has 0 saturated heterocycles. The lowest BCUT2D eigenvalue weighted by Gasteiger charge is -1.99. The first kappa shape index (κ1) is 7.63. The van der Waals surface area contributed by atoms with Crippen LogP contribution in [0.1, 0.15) is 11.6 Å². The molecule has 0 spiro atoms. The van der Waals surface area contributed by atoms with E-state index in [2.05, 4.69) is 4.98 Å². The molecular formula is C7H6FN3. The Kier molecular flexibility index (Phi) is 2.14. The highest BCUT2D eigenvalue weighted by Crippen LogP contribution is 2.07. The Morgan fingerprint density at radius 3 is 2.91 bits per heavy atom. The van der Waals surface area contributed by atoms with Crippen molar-refractivity contribution >= 4 is 0 Å². The van der Waals surface area contributed by atoms with Crippen molar-refractivity contribution in [2.24, 2.45) is 5.73 Å². The van der Waals surface area contributed by atoms with Gasteiger partial charge in [-0.1, -0.05) is 0 Å². The van der Waals surface area contributed by atoms with E-state index in [-0.39, 0.29) is 0 Å². The number of halogens is 1. The fraction of sp³-hybridized carbons (Fsp3) is 0.143. The van der Waals surface area contributed by atoms with Crippen LogP contribution in [0.4, 0.5) is 4.39 Å². The smallest absolute Gasteiger partial charge is 0.141 e. The van der Waals surface area contributed by atoms with Crippen LogP contribution in [0.2, 0.25) is 0 Å². The van der Waals surface area contributed by atoms with Crippen LogP contribution >= 0.6 is 0 Å². The molecule has 2 N–H and O–H groups in total. The number of aromatic nitrogens is 1. The van der Waals surface area contributed by atoms with Crippen LogP contribution in [0.15, 0.2) is 18.5 Å². The molecule has 0 amide bonds. The summed E-state index contributed by atoms with van der Waals surface area (Å²) in [5.74, 6) is -0.479. The Bertz CT molecular complexity index is 292. The van der Waals surface area contributed by atoms with Crippen molar-refractivity contribution in [3.63, 3.8) is 0 Å². The monoisotopic (exact) mass is 151 g/mol. The number of nitriles is 1. The molecule has 1 heterocycles. The summed E-state index contributed by atoms with van der Waals surface area (Å²) in [6.45, 7) is 0. The van der Waals surface area contributed by atoms with E-state index in [9.17, 15) is 4.39 Å². The van der Waals surface area contributed by atoms with Crippen LogP contribution in [-0.4, -0.2) is 4.98 Å². The Balaban J connectivity index is 2.98. The minimum absolute atomic E-state index is 0.396. The van der Waals surface area contributed by atoms with Crippen molar-refractivity contribution in [2.75, 3.05) is 0 Å². The molecule has 0 aromatic carbocycles. The lowest BCUT2D eigenvalue weighted by atomic mass is 10.1. The average molecular weight is 151 g/mol. The van der Waals surface area contributed by atoms with Crippen molar-refractivity contribution < 1.29 is 4.39 Å². The third kappa shape index (κ3) is 1.72. The predicted octanol–water partition coefficient (Wildman–Crippen LogP) is 0.744. The number of rotatable bonds is 1. The second kappa shape index (κ2) is 3.08. The molecule has 11 heavy (non-hydrogen) atoms. The Morgan fingerprint density at radius 2 is 2.36 bits per heavy atom. The van der Waals surface area contributed by atoms with Crippen LogP contribution in [0.5, 0.6) is 0 Å². The van der Waals surface area contributed by atoms with Gasteiger partial charge in [0.2, 0.25) is 0 Å². The first-order valence-corrected chi connectivity index (χ1v) is 2.99. The van der Waals surface area contributed by atoms with Crippen molar-refractivity contribution in [1.29, 1.82) is 5.26 Å². The van der Waals surface area contributed by atoms with E-state index >= 15 is 0 Å². The average Bonchev–Trinajstić information content (AvgIpc) is 2.03. The maximum absolute atomic E-state index is 12.4. The van der Waals surface area contributed by atoms with Crippen molar-refractivity contribution in [3.05, 3.63) is 29.8 Å². The molecule has 0 radical (unpaired) electrons. The van der Waals surface area contributed by atoms with Crippen molar-refractivity contribution in [2.45, 2.75) is 6.04 Å². The van der Waals surface area contributed by atoms with E-state index in [0.717, 1.165) is 6.20 Å². The highest BCUT2D eigenvalue weighted by Gasteiger charge is 2.04. The Hall–Kier alpha value is -1.47. The molecule has 1 aromatic rings. The van der Waals surface area contributed by atoms with Gasteiger partial charge in [-0.15, -0.1) is 0 Å². The van der Waals surface area contributed by atoms with Crippen LogP contribution in [0, 0.1) is 17.1 Å². The molecule has 1 rings (SSSR count). The SMILES string of the molecule is N#CC(N)c1cncc(F)c1. The first-order valence-electron chi connectivity index (χ1n) is 2.99. The van der Waals surface area contributed by atoms with Gasteiger partial charge in [0.25, 0.3) is 0 Å². The molecule has 0 aliphatic rings. The molecule has 0 bridgehead atoms. The fourth-order valence-electron chi connectivity index (χ4n) is 0.673. The minimum atomic E-state index is -0.793. The molecule has 1 atom stereocenters. The van der Waals surface area contributed by atoms with Gasteiger partial charge in [0.1, 0.15) is 11.9 Å². The first-order chi connectivity index (χ1) is 5.24. The summed E-state index contributed by atoms with van der Waals surface area (Å²) >= 11 is 0. The summed E-state index contributed by atoms with van der Waals surface area (Å²) in [6.07, 6.45) is 2.44. The summed E-state index contributed by atoms with van der Waals surface area (Å²) in [5.41, 5.74) is 5.69. The molecule has 1 aromatic heterocycles. The fourth-order valence-corrected chi connectivity index (χ4v) is 0.673. The Morgan fingerprint density at radius 1 is 1.64 bits per heavy atom. The zero-order valence-electron chi connectivity index (χ0n) is 5.66. The Labute approximate surface area is 63.3 Å². The zero-order valence-corrected chi connectivity index (χ0v) is 5.66. The van der Waals surface area contributed by atoms with E-state index in [1.807, 2.05) is 0 Å². The molecule has 3 nitrogen and oxygen atoms in total. The van der Waals surface area contributed by atoms with Gasteiger partial charge in [0.15, 0.2) is 0 Å². The number of hydrogen-bond acceptors (Lipinski definition) is 3. The quantitative estimate of drug-likeness (QED) is 0.644. The number of nitrogens with two attached hydrogens (primary N) is 1. The van der Waals surface area contributed by atoms with Crippen molar-refractivity contribution in [3.8, 4) is 6.07 Å². The van der Waals surface area contributed by atoms with Gasteiger partial charge in [0.05, 0.1) is 12.3 Å². The standard InChI is InChI=1S/C7H6FN3/c8-6-1-5(3-11-4-6)7(10)2-9/h1,3-4,7H,10H2. The second-order valence-corrected chi connectivity index (χ2v) is 2.04. The summed E-state index contributed by atoms with van der Waals surface area (Å²) in [4.78, 5) is 3.55. The van der Waals surface area contributed by atoms with E-state index in [1.165, 1.54) is 12.3 Å². The molecule has 4 heteroatoms. The minimum Gasteiger partial charge on any atom is -0.312 e. The van der Waals surface area contributed by atoms with Gasteiger partial charge < -0.3 is 5.73 Å². The van der Waals surface area contributed by atoms with E-state index < -0.39 is 11.9 Å². The van der Waals surface area contributed by atoms with Crippen LogP contribution in [0.25, 0.3) is 0 Å². The van der Waals surface area contributed by atoms with Gasteiger partial charge in [-0.3, -0.25) is 4.98 Å². The predicted molar refractivity (Wildman–Crippen MR) is 36.7 cm³/mol. The molecule has 56 valence electrons. The maximum Gasteiger partial charge on any atom is 0.141 e. The molecule has 0 aliphatic carbocycles. The van der Waals surface area contributed by atoms with Crippen LogP contribution < -0.4 is 5.73 Å². The van der Waals surface area contributed by atoms with E-state index in [0.29, 0.717) is 5.56 Å². The lowest BCUT2D eigenvalue weighted by molar-refractivity contribution is 0.617. The highest BCUT2D eigenvalue weighted by molar-refractivity contribution is 5.19. The van der Waals surface area contributed by atoms with E-state index in [4.69, 9.17) is 11.0 Å². The summed E-state index contributed by atoms with van der Waals surface area (Å²) in [7, 11) is 0. The van der Waals surface area contributed by atoms with Crippen LogP contribution in [-0.2, 0) is 0 Å². The number of pyridine rings is 1. The third-order valence-electron chi connectivity index (χ3n) is 1.22. The molecule has 0 aliphatic heterocycles. The van der Waals surface area contributed by atoms with Crippen LogP contribution in [0.3, 0.4) is 0 Å². The lowest BCUT2D eigenvalue weighted by Crippen LogP contribution is -2.07. The summed E-state index contributed by atoms with van der Waals surface area (Å²) < 4.78 is 12.4. The molecule has 1 unspecified atom stereocenters. The van der Waals surface area contributed by atoms with E-state index in [1.54, 1.807) is 6.07 Å². The normalized spacial score (nSPS) is 12.1. The van der Waals surface area contributed by atoms with Gasteiger partial charge >= 0.3 is 0 Å². The number of hydrogen-bond donors (Lipinski definition) is 1. The van der Waals surface area contributed by atoms with Gasteiger partial charge in [-0.25, -0.2) is 4.39 Å². The largest absolute Gasteiger partial charge is 0.312 e. The summed E-state index contributed by atoms with van der Waals surface area (Å²) in [6, 6.07) is 2.18. The molecule has 0 fully saturated rings. The maximum atomic E-state index is 12.4. The highest BCUT2D eigenvalue weighted by atomic mass is 19.1. The molecule has 0 saturated carbocycles. The van der Waals surface area contributed by atoms with Crippen molar-refractivity contribution in [1.82, 2.24) is 4.98 Å². The topological polar surface area (TPSA) is 62.7 Å². The third-order valence-corrected chi connectivity index (χ3v) is 1.22. The number of nitrogens with zero attached hydrogens (tertiary/aromatic N) is 2. The summed E-state index contributed by atoms with van der Waals surface area (Å²) in [5, 5.41) is 8.35. The van der Waals surface area contributed by atoms with Gasteiger partial charge in [0, 0.05) is 11.8 Å². The molecular weight excluding hydrogens is 145 g/mol. The second-order valence-electron chi connectivity index (χ2n) is 2.04. The van der Waals surface area contributed by atoms with Gasteiger partial charge in [-0.05, 0) is 6.07 Å². The van der Waals surface area contributed by atoms with Gasteiger partial charge in [-0.2, -0.15) is 5.26 Å². The zero-order chi connectivity index (χ0) is 8.27.